The Balaban J connectivity index is 1.12. The van der Waals surface area contributed by atoms with E-state index in [9.17, 15) is 0 Å². The molecule has 0 N–H and O–H groups in total. The molecule has 7 aromatic carbocycles. The molecular weight excluding hydrogens is 647 g/mol. The second kappa shape index (κ2) is 11.9. The predicted octanol–water partition coefficient (Wildman–Crippen LogP) is 14.1. The zero-order valence-corrected chi connectivity index (χ0v) is 28.8. The molecule has 9 aromatic rings. The van der Waals surface area contributed by atoms with Gasteiger partial charge in [0.05, 0.1) is 16.8 Å². The van der Waals surface area contributed by atoms with Gasteiger partial charge in [-0.2, -0.15) is 0 Å². The lowest BCUT2D eigenvalue weighted by Crippen LogP contribution is -2.13. The highest BCUT2D eigenvalue weighted by Crippen LogP contribution is 2.49. The van der Waals surface area contributed by atoms with E-state index in [4.69, 9.17) is 8.83 Å². The van der Waals surface area contributed by atoms with Gasteiger partial charge in [-0.25, -0.2) is 0 Å². The molecule has 0 radical (unpaired) electrons. The third-order valence-electron chi connectivity index (χ3n) is 11.0. The normalized spacial score (nSPS) is 16.1. The van der Waals surface area contributed by atoms with Gasteiger partial charge >= 0.3 is 0 Å². The Labute approximate surface area is 307 Å². The molecular formula is C50H33NO2. The van der Waals surface area contributed by atoms with Crippen molar-refractivity contribution in [3.63, 3.8) is 0 Å². The fourth-order valence-electron chi connectivity index (χ4n) is 8.49. The maximum atomic E-state index is 6.73. The standard InChI is InChI=1S/C50H33NO2/c1-2-11-33(12-3-1)39-29-30-44(48-42-16-7-9-20-47(42)53-50(39)48)51(45-18-10-17-41-40-15-6-8-19-46(40)52-49(41)45)37-27-25-32(26-28-37)36-24-23-35-22-21-34-13-4-5-14-38(34)43(35)31-36/h1-31,34,38H. The van der Waals surface area contributed by atoms with Crippen LogP contribution in [0.2, 0.25) is 0 Å². The number of fused-ring (bicyclic) bond motifs is 9. The highest BCUT2D eigenvalue weighted by atomic mass is 16.3. The van der Waals surface area contributed by atoms with E-state index in [1.54, 1.807) is 0 Å². The average molecular weight is 680 g/mol. The summed E-state index contributed by atoms with van der Waals surface area (Å²) < 4.78 is 13.4. The van der Waals surface area contributed by atoms with E-state index in [0.717, 1.165) is 72.1 Å². The average Bonchev–Trinajstić information content (AvgIpc) is 3.81. The molecule has 3 heteroatoms. The first-order valence-electron chi connectivity index (χ1n) is 18.3. The van der Waals surface area contributed by atoms with Crippen molar-refractivity contribution < 1.29 is 8.83 Å². The van der Waals surface area contributed by atoms with Crippen molar-refractivity contribution in [2.75, 3.05) is 4.90 Å². The highest BCUT2D eigenvalue weighted by molar-refractivity contribution is 6.18. The van der Waals surface area contributed by atoms with Gasteiger partial charge in [0.25, 0.3) is 0 Å². The van der Waals surface area contributed by atoms with Crippen LogP contribution < -0.4 is 4.90 Å². The number of para-hydroxylation sites is 3. The van der Waals surface area contributed by atoms with Crippen LogP contribution in [0.3, 0.4) is 0 Å². The van der Waals surface area contributed by atoms with Crippen LogP contribution in [0.5, 0.6) is 0 Å². The van der Waals surface area contributed by atoms with E-state index in [-0.39, 0.29) is 0 Å². The summed E-state index contributed by atoms with van der Waals surface area (Å²) in [5.41, 5.74) is 13.7. The van der Waals surface area contributed by atoms with Crippen LogP contribution in [0, 0.1) is 5.92 Å². The van der Waals surface area contributed by atoms with Gasteiger partial charge < -0.3 is 13.7 Å². The Bertz CT molecular complexity index is 2960. The topological polar surface area (TPSA) is 29.5 Å². The Morgan fingerprint density at radius 3 is 2.06 bits per heavy atom. The Morgan fingerprint density at radius 1 is 0.472 bits per heavy atom. The molecule has 0 saturated carbocycles. The third-order valence-corrected chi connectivity index (χ3v) is 11.0. The van der Waals surface area contributed by atoms with E-state index in [1.165, 1.54) is 22.3 Å². The molecule has 2 aromatic heterocycles. The van der Waals surface area contributed by atoms with Crippen LogP contribution in [-0.2, 0) is 0 Å². The molecule has 0 fully saturated rings. The Kier molecular flexibility index (Phi) is 6.68. The van der Waals surface area contributed by atoms with E-state index in [1.807, 2.05) is 18.2 Å². The van der Waals surface area contributed by atoms with Crippen molar-refractivity contribution in [1.82, 2.24) is 0 Å². The van der Waals surface area contributed by atoms with Crippen LogP contribution in [0.4, 0.5) is 17.1 Å². The molecule has 0 saturated heterocycles. The van der Waals surface area contributed by atoms with E-state index >= 15 is 0 Å². The van der Waals surface area contributed by atoms with E-state index in [2.05, 4.69) is 175 Å². The molecule has 53 heavy (non-hydrogen) atoms. The second-order valence-electron chi connectivity index (χ2n) is 14.0. The summed E-state index contributed by atoms with van der Waals surface area (Å²) in [7, 11) is 0. The SMILES string of the molecule is C1=CC2C=Cc3ccc(-c4ccc(N(c5cccc6c5oc5ccccc56)c5ccc(-c6ccccc6)c6oc7ccccc7c56)cc4)cc3C2C=C1. The summed E-state index contributed by atoms with van der Waals surface area (Å²) in [6, 6.07) is 53.9. The van der Waals surface area contributed by atoms with Gasteiger partial charge in [0.15, 0.2) is 5.58 Å². The van der Waals surface area contributed by atoms with Gasteiger partial charge in [-0.3, -0.25) is 0 Å². The predicted molar refractivity (Wildman–Crippen MR) is 220 cm³/mol. The van der Waals surface area contributed by atoms with Crippen LogP contribution in [0.1, 0.15) is 17.0 Å². The molecule has 2 heterocycles. The molecule has 11 rings (SSSR count). The number of anilines is 3. The zero-order valence-electron chi connectivity index (χ0n) is 28.8. The van der Waals surface area contributed by atoms with Crippen LogP contribution in [0.25, 0.3) is 72.2 Å². The minimum Gasteiger partial charge on any atom is -0.455 e. The molecule has 2 unspecified atom stereocenters. The molecule has 0 amide bonds. The summed E-state index contributed by atoms with van der Waals surface area (Å²) in [5, 5.41) is 4.32. The van der Waals surface area contributed by atoms with Gasteiger partial charge in [0, 0.05) is 39.2 Å². The van der Waals surface area contributed by atoms with Crippen molar-refractivity contribution in [3.8, 4) is 22.3 Å². The maximum Gasteiger partial charge on any atom is 0.159 e. The van der Waals surface area contributed by atoms with Crippen molar-refractivity contribution >= 4 is 67.0 Å². The molecule has 0 aliphatic heterocycles. The number of benzene rings is 7. The number of hydrogen-bond acceptors (Lipinski definition) is 3. The summed E-state index contributed by atoms with van der Waals surface area (Å²) in [6.45, 7) is 0. The molecule has 2 aliphatic rings. The van der Waals surface area contributed by atoms with Crippen molar-refractivity contribution in [3.05, 3.63) is 193 Å². The fourth-order valence-corrected chi connectivity index (χ4v) is 8.49. The van der Waals surface area contributed by atoms with Gasteiger partial charge in [-0.15, -0.1) is 0 Å². The minimum atomic E-state index is 0.366. The maximum absolute atomic E-state index is 6.73. The van der Waals surface area contributed by atoms with Gasteiger partial charge in [-0.1, -0.05) is 140 Å². The van der Waals surface area contributed by atoms with E-state index < -0.39 is 0 Å². The summed E-state index contributed by atoms with van der Waals surface area (Å²) in [6.07, 6.45) is 13.6. The summed E-state index contributed by atoms with van der Waals surface area (Å²) in [5.74, 6) is 0.772. The summed E-state index contributed by atoms with van der Waals surface area (Å²) >= 11 is 0. The quantitative estimate of drug-likeness (QED) is 0.181. The first kappa shape index (κ1) is 29.8. The number of hydrogen-bond donors (Lipinski definition) is 0. The largest absolute Gasteiger partial charge is 0.455 e. The monoisotopic (exact) mass is 679 g/mol. The first-order valence-corrected chi connectivity index (χ1v) is 18.3. The number of furan rings is 2. The van der Waals surface area contributed by atoms with Gasteiger partial charge in [-0.05, 0) is 76.3 Å². The lowest BCUT2D eigenvalue weighted by atomic mass is 9.76. The highest BCUT2D eigenvalue weighted by Gasteiger charge is 2.26. The number of rotatable bonds is 5. The van der Waals surface area contributed by atoms with Crippen LogP contribution >= 0.6 is 0 Å². The molecule has 2 atom stereocenters. The lowest BCUT2D eigenvalue weighted by molar-refractivity contribution is 0.668. The summed E-state index contributed by atoms with van der Waals surface area (Å²) in [4.78, 5) is 2.34. The van der Waals surface area contributed by atoms with Gasteiger partial charge in [0.1, 0.15) is 16.7 Å². The van der Waals surface area contributed by atoms with Crippen LogP contribution in [-0.4, -0.2) is 0 Å². The minimum absolute atomic E-state index is 0.366. The number of allylic oxidation sites excluding steroid dienone is 5. The fraction of sp³-hybridized carbons (Fsp3) is 0.0400. The van der Waals surface area contributed by atoms with Crippen molar-refractivity contribution in [2.45, 2.75) is 5.92 Å². The number of nitrogens with zero attached hydrogens (tertiary/aromatic N) is 1. The van der Waals surface area contributed by atoms with Crippen molar-refractivity contribution in [1.29, 1.82) is 0 Å². The molecule has 0 bridgehead atoms. The zero-order chi connectivity index (χ0) is 34.9. The van der Waals surface area contributed by atoms with E-state index in [0.29, 0.717) is 11.8 Å². The molecule has 3 nitrogen and oxygen atoms in total. The smallest absolute Gasteiger partial charge is 0.159 e. The first-order chi connectivity index (χ1) is 26.3. The Morgan fingerprint density at radius 2 is 1.19 bits per heavy atom. The molecule has 2 aliphatic carbocycles. The van der Waals surface area contributed by atoms with Crippen molar-refractivity contribution in [2.24, 2.45) is 5.92 Å². The Hall–Kier alpha value is -6.84. The molecule has 0 spiro atoms. The third kappa shape index (κ3) is 4.74. The van der Waals surface area contributed by atoms with Crippen LogP contribution in [0.15, 0.2) is 191 Å². The van der Waals surface area contributed by atoms with Gasteiger partial charge in [0.2, 0.25) is 0 Å². The lowest BCUT2D eigenvalue weighted by Gasteiger charge is -2.28. The molecule has 250 valence electrons. The second-order valence-corrected chi connectivity index (χ2v) is 14.0.